The summed E-state index contributed by atoms with van der Waals surface area (Å²) in [6.45, 7) is 1.59. The number of carbonyl (C=O) groups is 3. The van der Waals surface area contributed by atoms with Gasteiger partial charge in [0.1, 0.15) is 5.75 Å². The van der Waals surface area contributed by atoms with E-state index < -0.39 is 24.4 Å². The van der Waals surface area contributed by atoms with Gasteiger partial charge in [0.15, 0.2) is 6.61 Å². The summed E-state index contributed by atoms with van der Waals surface area (Å²) in [4.78, 5) is 38.2. The number of methoxy groups -OCH3 is 1. The molecule has 1 N–H and O–H groups in total. The van der Waals surface area contributed by atoms with Crippen LogP contribution < -0.4 is 15.0 Å². The highest BCUT2D eigenvalue weighted by Crippen LogP contribution is 2.31. The minimum absolute atomic E-state index is 0.0326. The van der Waals surface area contributed by atoms with Gasteiger partial charge >= 0.3 is 5.97 Å². The summed E-state index contributed by atoms with van der Waals surface area (Å²) >= 11 is 6.13. The summed E-state index contributed by atoms with van der Waals surface area (Å²) in [7, 11) is 1.55. The molecule has 7 nitrogen and oxygen atoms in total. The van der Waals surface area contributed by atoms with Gasteiger partial charge in [-0.25, -0.2) is 0 Å². The van der Waals surface area contributed by atoms with Crippen LogP contribution in [-0.2, 0) is 19.1 Å². The van der Waals surface area contributed by atoms with E-state index >= 15 is 0 Å². The summed E-state index contributed by atoms with van der Waals surface area (Å²) in [6.07, 6.45) is 0.0326. The lowest BCUT2D eigenvalue weighted by Crippen LogP contribution is -2.28. The second-order valence-corrected chi connectivity index (χ2v) is 7.08. The van der Waals surface area contributed by atoms with E-state index in [1.165, 1.54) is 4.90 Å². The van der Waals surface area contributed by atoms with Gasteiger partial charge in [-0.2, -0.15) is 0 Å². The fourth-order valence-corrected chi connectivity index (χ4v) is 3.28. The number of carbonyl (C=O) groups excluding carboxylic acids is 3. The molecule has 29 heavy (non-hydrogen) atoms. The van der Waals surface area contributed by atoms with E-state index in [1.807, 2.05) is 6.92 Å². The molecule has 1 aliphatic rings. The van der Waals surface area contributed by atoms with Gasteiger partial charge in [0.2, 0.25) is 5.91 Å². The Morgan fingerprint density at radius 1 is 1.21 bits per heavy atom. The van der Waals surface area contributed by atoms with Crippen LogP contribution in [-0.4, -0.2) is 38.0 Å². The van der Waals surface area contributed by atoms with Crippen LogP contribution in [0.1, 0.15) is 12.0 Å². The van der Waals surface area contributed by atoms with Crippen LogP contribution in [0.15, 0.2) is 42.5 Å². The van der Waals surface area contributed by atoms with E-state index in [1.54, 1.807) is 49.6 Å². The van der Waals surface area contributed by atoms with Crippen molar-refractivity contribution in [3.63, 3.8) is 0 Å². The Labute approximate surface area is 173 Å². The lowest BCUT2D eigenvalue weighted by atomic mass is 10.1. The average Bonchev–Trinajstić information content (AvgIpc) is 3.10. The predicted octanol–water partition coefficient (Wildman–Crippen LogP) is 3.19. The molecule has 3 rings (SSSR count). The zero-order valence-corrected chi connectivity index (χ0v) is 16.9. The first-order valence-electron chi connectivity index (χ1n) is 9.05. The van der Waals surface area contributed by atoms with Crippen molar-refractivity contribution in [1.82, 2.24) is 0 Å². The predicted molar refractivity (Wildman–Crippen MR) is 109 cm³/mol. The zero-order chi connectivity index (χ0) is 21.0. The highest BCUT2D eigenvalue weighted by Gasteiger charge is 2.37. The Bertz CT molecular complexity index is 929. The average molecular weight is 417 g/mol. The van der Waals surface area contributed by atoms with Gasteiger partial charge in [-0.1, -0.05) is 17.7 Å². The number of benzene rings is 2. The van der Waals surface area contributed by atoms with Crippen LogP contribution in [0.2, 0.25) is 5.02 Å². The first-order valence-corrected chi connectivity index (χ1v) is 9.43. The number of nitrogens with one attached hydrogen (secondary N) is 1. The first-order chi connectivity index (χ1) is 13.9. The molecular weight excluding hydrogens is 396 g/mol. The van der Waals surface area contributed by atoms with Crippen molar-refractivity contribution in [3.05, 3.63) is 53.1 Å². The van der Waals surface area contributed by atoms with Gasteiger partial charge in [0.25, 0.3) is 5.91 Å². The Kier molecular flexibility index (Phi) is 6.39. The fraction of sp³-hybridized carbons (Fsp3) is 0.286. The molecule has 152 valence electrons. The molecule has 1 aliphatic heterocycles. The van der Waals surface area contributed by atoms with Crippen molar-refractivity contribution in [2.45, 2.75) is 13.3 Å². The number of halogens is 1. The van der Waals surface area contributed by atoms with Crippen molar-refractivity contribution in [3.8, 4) is 5.75 Å². The summed E-state index contributed by atoms with van der Waals surface area (Å²) in [5, 5.41) is 3.18. The van der Waals surface area contributed by atoms with E-state index in [9.17, 15) is 14.4 Å². The Balaban J connectivity index is 1.53. The van der Waals surface area contributed by atoms with Crippen LogP contribution >= 0.6 is 11.6 Å². The molecule has 0 aromatic heterocycles. The van der Waals surface area contributed by atoms with Crippen molar-refractivity contribution in [2.75, 3.05) is 30.5 Å². The van der Waals surface area contributed by atoms with Crippen molar-refractivity contribution < 1.29 is 23.9 Å². The third-order valence-corrected chi connectivity index (χ3v) is 5.12. The van der Waals surface area contributed by atoms with Gasteiger partial charge in [-0.05, 0) is 48.9 Å². The quantitative estimate of drug-likeness (QED) is 0.731. The van der Waals surface area contributed by atoms with Crippen LogP contribution in [0, 0.1) is 12.8 Å². The monoisotopic (exact) mass is 416 g/mol. The Morgan fingerprint density at radius 2 is 1.93 bits per heavy atom. The molecule has 0 unspecified atom stereocenters. The van der Waals surface area contributed by atoms with E-state index in [0.29, 0.717) is 22.1 Å². The molecule has 0 spiro atoms. The molecule has 1 fully saturated rings. The summed E-state index contributed by atoms with van der Waals surface area (Å²) in [5.41, 5.74) is 2.01. The van der Waals surface area contributed by atoms with Gasteiger partial charge < -0.3 is 19.7 Å². The summed E-state index contributed by atoms with van der Waals surface area (Å²) in [6, 6.07) is 12.1. The number of rotatable bonds is 6. The summed E-state index contributed by atoms with van der Waals surface area (Å²) in [5.74, 6) is -1.18. The highest BCUT2D eigenvalue weighted by atomic mass is 35.5. The number of esters is 1. The van der Waals surface area contributed by atoms with Gasteiger partial charge in [-0.3, -0.25) is 14.4 Å². The molecule has 2 aromatic carbocycles. The van der Waals surface area contributed by atoms with E-state index in [0.717, 1.165) is 5.56 Å². The van der Waals surface area contributed by atoms with Crippen molar-refractivity contribution >= 4 is 40.8 Å². The number of hydrogen-bond donors (Lipinski definition) is 1. The number of ether oxygens (including phenoxy) is 2. The molecule has 1 saturated heterocycles. The van der Waals surface area contributed by atoms with Gasteiger partial charge in [0.05, 0.1) is 13.0 Å². The maximum absolute atomic E-state index is 12.4. The normalized spacial score (nSPS) is 15.9. The second-order valence-electron chi connectivity index (χ2n) is 6.67. The summed E-state index contributed by atoms with van der Waals surface area (Å²) < 4.78 is 10.2. The Hall–Kier alpha value is -3.06. The number of hydrogen-bond acceptors (Lipinski definition) is 5. The number of nitrogens with zero attached hydrogens (tertiary/aromatic N) is 1. The minimum atomic E-state index is -0.630. The van der Waals surface area contributed by atoms with Crippen molar-refractivity contribution in [1.29, 1.82) is 0 Å². The third-order valence-electron chi connectivity index (χ3n) is 4.71. The van der Waals surface area contributed by atoms with E-state index in [4.69, 9.17) is 21.1 Å². The molecule has 2 amide bonds. The molecule has 0 radical (unpaired) electrons. The topological polar surface area (TPSA) is 84.9 Å². The van der Waals surface area contributed by atoms with Crippen LogP contribution in [0.4, 0.5) is 11.4 Å². The molecule has 2 aromatic rings. The molecule has 0 saturated carbocycles. The largest absolute Gasteiger partial charge is 0.497 e. The van der Waals surface area contributed by atoms with E-state index in [-0.39, 0.29) is 18.9 Å². The maximum atomic E-state index is 12.4. The zero-order valence-electron chi connectivity index (χ0n) is 16.1. The molecule has 8 heteroatoms. The van der Waals surface area contributed by atoms with Gasteiger partial charge in [-0.15, -0.1) is 0 Å². The second kappa shape index (κ2) is 8.96. The third kappa shape index (κ3) is 4.86. The SMILES string of the molecule is COc1ccc(NC(=O)COC(=O)[C@H]2CC(=O)N(c3cccc(Cl)c3C)C2)cc1. The first kappa shape index (κ1) is 20.7. The Morgan fingerprint density at radius 3 is 2.62 bits per heavy atom. The number of amides is 2. The van der Waals surface area contributed by atoms with Crippen LogP contribution in [0.5, 0.6) is 5.75 Å². The van der Waals surface area contributed by atoms with Crippen LogP contribution in [0.3, 0.4) is 0 Å². The molecule has 0 bridgehead atoms. The molecule has 1 atom stereocenters. The standard InChI is InChI=1S/C21H21ClN2O5/c1-13-17(22)4-3-5-18(13)24-11-14(10-20(24)26)21(27)29-12-19(25)23-15-6-8-16(28-2)9-7-15/h3-9,14H,10-12H2,1-2H3,(H,23,25)/t14-/m0/s1. The molecule has 0 aliphatic carbocycles. The lowest BCUT2D eigenvalue weighted by Gasteiger charge is -2.19. The van der Waals surface area contributed by atoms with Crippen molar-refractivity contribution in [2.24, 2.45) is 5.92 Å². The molecular formula is C21H21ClN2O5. The highest BCUT2D eigenvalue weighted by molar-refractivity contribution is 6.31. The van der Waals surface area contributed by atoms with Crippen LogP contribution in [0.25, 0.3) is 0 Å². The lowest BCUT2D eigenvalue weighted by molar-refractivity contribution is -0.151. The van der Waals surface area contributed by atoms with Gasteiger partial charge in [0, 0.05) is 29.4 Å². The maximum Gasteiger partial charge on any atom is 0.311 e. The van der Waals surface area contributed by atoms with E-state index in [2.05, 4.69) is 5.32 Å². The smallest absolute Gasteiger partial charge is 0.311 e. The minimum Gasteiger partial charge on any atom is -0.497 e. The molecule has 1 heterocycles. The number of anilines is 2. The fourth-order valence-electron chi connectivity index (χ4n) is 3.11.